The number of anilines is 1. The highest BCUT2D eigenvalue weighted by atomic mass is 16.5. The van der Waals surface area contributed by atoms with Crippen LogP contribution in [0.25, 0.3) is 17.2 Å². The van der Waals surface area contributed by atoms with Crippen LogP contribution in [0.15, 0.2) is 125 Å². The van der Waals surface area contributed by atoms with Gasteiger partial charge >= 0.3 is 0 Å². The van der Waals surface area contributed by atoms with Crippen LogP contribution in [0.1, 0.15) is 77.0 Å². The van der Waals surface area contributed by atoms with Crippen molar-refractivity contribution in [1.29, 1.82) is 10.7 Å². The van der Waals surface area contributed by atoms with Gasteiger partial charge in [0.25, 0.3) is 0 Å². The van der Waals surface area contributed by atoms with Crippen molar-refractivity contribution in [1.82, 2.24) is 0 Å². The van der Waals surface area contributed by atoms with Crippen LogP contribution in [0.2, 0.25) is 0 Å². The van der Waals surface area contributed by atoms with Crippen LogP contribution in [-0.4, -0.2) is 29.7 Å². The molecule has 0 aliphatic rings. The van der Waals surface area contributed by atoms with Crippen LogP contribution in [0.4, 0.5) is 5.69 Å². The molecule has 0 heterocycles. The highest BCUT2D eigenvalue weighted by molar-refractivity contribution is 5.78. The zero-order chi connectivity index (χ0) is 35.3. The third kappa shape index (κ3) is 9.64. The lowest BCUT2D eigenvalue weighted by Crippen LogP contribution is -2.28. The summed E-state index contributed by atoms with van der Waals surface area (Å²) in [6.07, 6.45) is 9.46. The minimum atomic E-state index is -0.786. The molecule has 0 aliphatic carbocycles. The Labute approximate surface area is 288 Å². The van der Waals surface area contributed by atoms with Gasteiger partial charge in [-0.05, 0) is 104 Å². The number of hydrogen-bond donors (Lipinski definition) is 3. The van der Waals surface area contributed by atoms with E-state index in [0.717, 1.165) is 63.3 Å². The van der Waals surface area contributed by atoms with Crippen molar-refractivity contribution in [3.05, 3.63) is 142 Å². The third-order valence-electron chi connectivity index (χ3n) is 8.93. The maximum Gasteiger partial charge on any atom is 0.0994 e. The van der Waals surface area contributed by atoms with Crippen molar-refractivity contribution < 1.29 is 10.3 Å². The summed E-state index contributed by atoms with van der Waals surface area (Å²) < 4.78 is 0. The fourth-order valence-electron chi connectivity index (χ4n) is 6.01. The van der Waals surface area contributed by atoms with E-state index in [9.17, 15) is 15.6 Å². The monoisotopic (exact) mass is 641 g/mol. The number of hydrogen-bond acceptors (Lipinski definition) is 5. The number of aryl methyl sites for hydroxylation is 1. The molecule has 5 nitrogen and oxygen atoms in total. The van der Waals surface area contributed by atoms with Gasteiger partial charge in [-0.25, -0.2) is 0 Å². The van der Waals surface area contributed by atoms with E-state index in [-0.39, 0.29) is 13.2 Å². The Bertz CT molecular complexity index is 1720. The van der Waals surface area contributed by atoms with Crippen LogP contribution < -0.4 is 5.06 Å². The Hall–Kier alpha value is -4.76. The maximum atomic E-state index is 10.3. The van der Waals surface area contributed by atoms with Crippen LogP contribution in [-0.2, 0) is 11.8 Å². The molecule has 0 spiro atoms. The van der Waals surface area contributed by atoms with Crippen molar-refractivity contribution >= 4 is 18.0 Å². The Morgan fingerprint density at radius 2 is 1.65 bits per heavy atom. The highest BCUT2D eigenvalue weighted by Gasteiger charge is 2.32. The molecular weight excluding hydrogens is 590 g/mol. The van der Waals surface area contributed by atoms with E-state index < -0.39 is 5.41 Å². The summed E-state index contributed by atoms with van der Waals surface area (Å²) in [4.78, 5) is 0. The number of nitrogens with zero attached hydrogens (tertiary/aromatic N) is 2. The van der Waals surface area contributed by atoms with Gasteiger partial charge in [0.1, 0.15) is 0 Å². The van der Waals surface area contributed by atoms with E-state index in [2.05, 4.69) is 88.5 Å². The normalized spacial score (nSPS) is 12.9. The standard InChI is InChI=1S/C43H51N3O2/c1-8-12-38-28-40(46(48)25-26-47)23-19-36(38)16-15-33(6)27-37(31(2)3)20-24-42(41(29-44)32(4)5)43(7,30-45)39-21-17-35(18-22-39)34-13-10-9-11-14-34/h9-11,13-19,21-23,28,30,45,47-48H,4,6,8,12,20,24-27H2,1-3,5,7H3/b16-15+,42-41-,45-30?. The summed E-state index contributed by atoms with van der Waals surface area (Å²) in [5.74, 6) is 0. The van der Waals surface area contributed by atoms with Crippen LogP contribution >= 0.6 is 0 Å². The fourth-order valence-corrected chi connectivity index (χ4v) is 6.01. The molecule has 3 rings (SSSR count). The van der Waals surface area contributed by atoms with E-state index >= 15 is 0 Å². The Kier molecular flexibility index (Phi) is 14.1. The lowest BCUT2D eigenvalue weighted by Gasteiger charge is -2.31. The molecule has 0 saturated heterocycles. The number of aliphatic hydroxyl groups is 1. The van der Waals surface area contributed by atoms with Crippen molar-refractivity contribution in [2.24, 2.45) is 0 Å². The predicted octanol–water partition coefficient (Wildman–Crippen LogP) is 10.6. The van der Waals surface area contributed by atoms with Crippen LogP contribution in [0.3, 0.4) is 0 Å². The summed E-state index contributed by atoms with van der Waals surface area (Å²) in [5, 5.41) is 39.4. The minimum Gasteiger partial charge on any atom is -0.394 e. The quantitative estimate of drug-likeness (QED) is 0.0450. The fraction of sp³-hybridized carbons (Fsp3) is 0.302. The second-order valence-corrected chi connectivity index (χ2v) is 12.8. The molecule has 3 aromatic rings. The molecule has 0 bridgehead atoms. The van der Waals surface area contributed by atoms with Gasteiger partial charge in [-0.1, -0.05) is 116 Å². The summed E-state index contributed by atoms with van der Waals surface area (Å²) in [5.41, 5.74) is 10.8. The van der Waals surface area contributed by atoms with Gasteiger partial charge in [-0.2, -0.15) is 5.26 Å². The SMILES string of the molecule is C=C(/C=C/c1ccc(N(O)CCO)cc1CCC)CC(CC/C(=C(\C#N)C(=C)C)C(C)(C=N)c1ccc(-c2ccccc2)cc1)=C(C)C. The highest BCUT2D eigenvalue weighted by Crippen LogP contribution is 2.39. The van der Waals surface area contributed by atoms with Crippen molar-refractivity contribution in [3.63, 3.8) is 0 Å². The van der Waals surface area contributed by atoms with Gasteiger partial charge < -0.3 is 10.5 Å². The topological polar surface area (TPSA) is 91.3 Å². The summed E-state index contributed by atoms with van der Waals surface area (Å²) in [6.45, 7) is 18.8. The van der Waals surface area contributed by atoms with Gasteiger partial charge in [0.05, 0.1) is 30.5 Å². The largest absolute Gasteiger partial charge is 0.394 e. The van der Waals surface area contributed by atoms with E-state index in [1.165, 1.54) is 17.4 Å². The first-order chi connectivity index (χ1) is 23.0. The molecule has 0 amide bonds. The molecule has 3 aromatic carbocycles. The third-order valence-corrected chi connectivity index (χ3v) is 8.93. The Morgan fingerprint density at radius 3 is 2.21 bits per heavy atom. The molecule has 3 N–H and O–H groups in total. The molecular formula is C43H51N3O2. The number of nitrogens with one attached hydrogen (secondary N) is 1. The molecule has 0 radical (unpaired) electrons. The van der Waals surface area contributed by atoms with Gasteiger partial charge in [0.15, 0.2) is 0 Å². The molecule has 48 heavy (non-hydrogen) atoms. The molecule has 0 aromatic heterocycles. The second-order valence-electron chi connectivity index (χ2n) is 12.8. The Morgan fingerprint density at radius 1 is 0.979 bits per heavy atom. The van der Waals surface area contributed by atoms with Gasteiger partial charge in [0.2, 0.25) is 0 Å². The first-order valence-electron chi connectivity index (χ1n) is 16.7. The zero-order valence-electron chi connectivity index (χ0n) is 29.3. The van der Waals surface area contributed by atoms with Gasteiger partial charge in [-0.15, -0.1) is 0 Å². The average molecular weight is 642 g/mol. The number of benzene rings is 3. The summed E-state index contributed by atoms with van der Waals surface area (Å²) in [6, 6.07) is 26.8. The van der Waals surface area contributed by atoms with E-state index in [0.29, 0.717) is 29.7 Å². The number of rotatable bonds is 17. The number of nitriles is 1. The number of allylic oxidation sites excluding steroid dienone is 7. The maximum absolute atomic E-state index is 10.3. The second kappa shape index (κ2) is 18.0. The first-order valence-corrected chi connectivity index (χ1v) is 16.7. The average Bonchev–Trinajstić information content (AvgIpc) is 3.08. The summed E-state index contributed by atoms with van der Waals surface area (Å²) >= 11 is 0. The van der Waals surface area contributed by atoms with Gasteiger partial charge in [-0.3, -0.25) is 10.3 Å². The van der Waals surface area contributed by atoms with Crippen molar-refractivity contribution in [2.75, 3.05) is 18.2 Å². The molecule has 1 unspecified atom stereocenters. The van der Waals surface area contributed by atoms with E-state index in [1.807, 2.05) is 50.2 Å². The lowest BCUT2D eigenvalue weighted by atomic mass is 9.71. The molecule has 250 valence electrons. The molecule has 0 saturated carbocycles. The van der Waals surface area contributed by atoms with E-state index in [1.54, 1.807) is 0 Å². The number of aliphatic hydroxyl groups excluding tert-OH is 1. The summed E-state index contributed by atoms with van der Waals surface area (Å²) in [7, 11) is 0. The predicted molar refractivity (Wildman–Crippen MR) is 203 cm³/mol. The van der Waals surface area contributed by atoms with Crippen molar-refractivity contribution in [3.8, 4) is 17.2 Å². The van der Waals surface area contributed by atoms with Crippen LogP contribution in [0, 0.1) is 16.7 Å². The zero-order valence-corrected chi connectivity index (χ0v) is 29.3. The van der Waals surface area contributed by atoms with E-state index in [4.69, 9.17) is 5.41 Å². The molecule has 1 atom stereocenters. The molecule has 0 fully saturated rings. The lowest BCUT2D eigenvalue weighted by molar-refractivity contribution is 0.210. The minimum absolute atomic E-state index is 0.126. The number of hydroxylamine groups is 1. The smallest absolute Gasteiger partial charge is 0.0994 e. The van der Waals surface area contributed by atoms with Crippen molar-refractivity contribution in [2.45, 2.75) is 72.1 Å². The first kappa shape index (κ1) is 37.7. The molecule has 0 aliphatic heterocycles. The van der Waals surface area contributed by atoms with Crippen LogP contribution in [0.5, 0.6) is 0 Å². The molecule has 5 heteroatoms. The van der Waals surface area contributed by atoms with Gasteiger partial charge in [0, 0.05) is 11.6 Å². The Balaban J connectivity index is 1.87.